The summed E-state index contributed by atoms with van der Waals surface area (Å²) in [6.45, 7) is 3.43. The number of likely N-dealkylation sites (N-methyl/N-ethyl adjacent to an activating group) is 1. The van der Waals surface area contributed by atoms with Crippen LogP contribution in [0.25, 0.3) is 6.08 Å². The zero-order valence-electron chi connectivity index (χ0n) is 14.2. The Morgan fingerprint density at radius 3 is 2.88 bits per heavy atom. The van der Waals surface area contributed by atoms with Crippen molar-refractivity contribution in [1.29, 1.82) is 5.26 Å². The van der Waals surface area contributed by atoms with E-state index in [0.29, 0.717) is 11.5 Å². The number of carbonyl (C=O) groups excluding carboxylic acids is 1. The van der Waals surface area contributed by atoms with Gasteiger partial charge >= 0.3 is 0 Å². The van der Waals surface area contributed by atoms with Gasteiger partial charge in [0.2, 0.25) is 5.91 Å². The molecule has 0 bridgehead atoms. The number of nitriles is 1. The average Bonchev–Trinajstić information content (AvgIpc) is 2.82. The molecule has 6 nitrogen and oxygen atoms in total. The smallest absolute Gasteiger partial charge is 0.246 e. The van der Waals surface area contributed by atoms with Crippen molar-refractivity contribution < 1.29 is 14.3 Å². The van der Waals surface area contributed by atoms with E-state index in [9.17, 15) is 4.79 Å². The largest absolute Gasteiger partial charge is 0.493 e. The molecule has 2 rings (SSSR count). The molecule has 0 spiro atoms. The summed E-state index contributed by atoms with van der Waals surface area (Å²) in [6, 6.07) is 7.27. The molecule has 1 fully saturated rings. The predicted molar refractivity (Wildman–Crippen MR) is 91.8 cm³/mol. The molecule has 128 valence electrons. The topological polar surface area (TPSA) is 65.8 Å². The SMILES string of the molecule is COc1cc(/C=C/C(=O)N2CCCN(C)CC2)ccc1OCC#N. The van der Waals surface area contributed by atoms with Crippen LogP contribution in [-0.2, 0) is 4.79 Å². The van der Waals surface area contributed by atoms with Gasteiger partial charge < -0.3 is 19.3 Å². The van der Waals surface area contributed by atoms with E-state index in [1.807, 2.05) is 17.0 Å². The molecule has 1 amide bonds. The zero-order valence-corrected chi connectivity index (χ0v) is 14.2. The quantitative estimate of drug-likeness (QED) is 0.770. The van der Waals surface area contributed by atoms with E-state index in [-0.39, 0.29) is 12.5 Å². The third kappa shape index (κ3) is 5.00. The average molecular weight is 329 g/mol. The fraction of sp³-hybridized carbons (Fsp3) is 0.444. The van der Waals surface area contributed by atoms with Crippen LogP contribution < -0.4 is 9.47 Å². The van der Waals surface area contributed by atoms with Gasteiger partial charge in [0, 0.05) is 25.7 Å². The Morgan fingerprint density at radius 2 is 2.12 bits per heavy atom. The van der Waals surface area contributed by atoms with E-state index < -0.39 is 0 Å². The maximum Gasteiger partial charge on any atom is 0.246 e. The number of benzene rings is 1. The van der Waals surface area contributed by atoms with Gasteiger partial charge in [-0.2, -0.15) is 5.26 Å². The van der Waals surface area contributed by atoms with E-state index in [4.69, 9.17) is 14.7 Å². The summed E-state index contributed by atoms with van der Waals surface area (Å²) < 4.78 is 10.6. The van der Waals surface area contributed by atoms with Crippen molar-refractivity contribution in [3.05, 3.63) is 29.8 Å². The number of amides is 1. The molecule has 6 heteroatoms. The number of nitrogens with zero attached hydrogens (tertiary/aromatic N) is 3. The highest BCUT2D eigenvalue weighted by Crippen LogP contribution is 2.28. The minimum Gasteiger partial charge on any atom is -0.493 e. The van der Waals surface area contributed by atoms with Crippen molar-refractivity contribution >= 4 is 12.0 Å². The van der Waals surface area contributed by atoms with Crippen LogP contribution in [0, 0.1) is 11.3 Å². The van der Waals surface area contributed by atoms with Crippen LogP contribution in [0.4, 0.5) is 0 Å². The molecule has 0 unspecified atom stereocenters. The monoisotopic (exact) mass is 329 g/mol. The van der Waals surface area contributed by atoms with E-state index in [2.05, 4.69) is 11.9 Å². The third-order valence-corrected chi connectivity index (χ3v) is 3.93. The van der Waals surface area contributed by atoms with E-state index >= 15 is 0 Å². The maximum absolute atomic E-state index is 12.3. The summed E-state index contributed by atoms with van der Waals surface area (Å²) in [6.07, 6.45) is 4.36. The fourth-order valence-electron chi connectivity index (χ4n) is 2.56. The Hall–Kier alpha value is -2.52. The minimum absolute atomic E-state index is 0.0223. The first-order chi connectivity index (χ1) is 11.6. The molecule has 0 radical (unpaired) electrons. The normalized spacial score (nSPS) is 15.8. The lowest BCUT2D eigenvalue weighted by Crippen LogP contribution is -2.33. The summed E-state index contributed by atoms with van der Waals surface area (Å²) in [5.74, 6) is 1.07. The lowest BCUT2D eigenvalue weighted by molar-refractivity contribution is -0.125. The Balaban J connectivity index is 2.02. The number of ether oxygens (including phenoxy) is 2. The van der Waals surface area contributed by atoms with Gasteiger partial charge in [0.25, 0.3) is 0 Å². The maximum atomic E-state index is 12.3. The highest BCUT2D eigenvalue weighted by molar-refractivity contribution is 5.91. The van der Waals surface area contributed by atoms with Crippen molar-refractivity contribution in [2.45, 2.75) is 6.42 Å². The van der Waals surface area contributed by atoms with Crippen LogP contribution in [0.2, 0.25) is 0 Å². The summed E-state index contributed by atoms with van der Waals surface area (Å²) in [4.78, 5) is 16.4. The summed E-state index contributed by atoms with van der Waals surface area (Å²) in [5.41, 5.74) is 0.844. The van der Waals surface area contributed by atoms with Crippen LogP contribution in [0.1, 0.15) is 12.0 Å². The van der Waals surface area contributed by atoms with E-state index in [1.165, 1.54) is 0 Å². The minimum atomic E-state index is -0.0343. The standard InChI is InChI=1S/C18H23N3O3/c1-20-9-3-10-21(12-11-20)18(22)7-5-15-4-6-16(24-13-8-19)17(14-15)23-2/h4-7,14H,3,9-13H2,1-2H3/b7-5+. The molecule has 1 aromatic rings. The van der Waals surface area contributed by atoms with Crippen LogP contribution in [0.15, 0.2) is 24.3 Å². The van der Waals surface area contributed by atoms with Gasteiger partial charge in [0.1, 0.15) is 6.07 Å². The molecule has 1 aromatic carbocycles. The highest BCUT2D eigenvalue weighted by atomic mass is 16.5. The first-order valence-electron chi connectivity index (χ1n) is 7.97. The first-order valence-corrected chi connectivity index (χ1v) is 7.97. The number of methoxy groups -OCH3 is 1. The number of hydrogen-bond acceptors (Lipinski definition) is 5. The van der Waals surface area contributed by atoms with E-state index in [1.54, 1.807) is 31.4 Å². The van der Waals surface area contributed by atoms with Gasteiger partial charge in [0.05, 0.1) is 7.11 Å². The lowest BCUT2D eigenvalue weighted by atomic mass is 10.2. The van der Waals surface area contributed by atoms with Crippen LogP contribution in [0.5, 0.6) is 11.5 Å². The van der Waals surface area contributed by atoms with Crippen molar-refractivity contribution in [3.63, 3.8) is 0 Å². The van der Waals surface area contributed by atoms with Gasteiger partial charge in [-0.15, -0.1) is 0 Å². The molecule has 1 saturated heterocycles. The molecular formula is C18H23N3O3. The fourth-order valence-corrected chi connectivity index (χ4v) is 2.56. The lowest BCUT2D eigenvalue weighted by Gasteiger charge is -2.18. The molecule has 0 atom stereocenters. The number of rotatable bonds is 5. The molecule has 0 aromatic heterocycles. The molecule has 1 aliphatic rings. The molecule has 24 heavy (non-hydrogen) atoms. The van der Waals surface area contributed by atoms with Gasteiger partial charge in [-0.05, 0) is 43.8 Å². The van der Waals surface area contributed by atoms with Crippen molar-refractivity contribution in [3.8, 4) is 17.6 Å². The Kier molecular flexibility index (Phi) is 6.64. The number of carbonyl (C=O) groups is 1. The van der Waals surface area contributed by atoms with E-state index in [0.717, 1.165) is 38.2 Å². The van der Waals surface area contributed by atoms with Crippen LogP contribution in [-0.4, -0.2) is 62.7 Å². The second kappa shape index (κ2) is 8.94. The molecule has 0 saturated carbocycles. The van der Waals surface area contributed by atoms with Gasteiger partial charge in [0.15, 0.2) is 18.1 Å². The summed E-state index contributed by atoms with van der Waals surface area (Å²) in [7, 11) is 3.62. The van der Waals surface area contributed by atoms with Gasteiger partial charge in [-0.1, -0.05) is 6.07 Å². The van der Waals surface area contributed by atoms with Crippen LogP contribution in [0.3, 0.4) is 0 Å². The van der Waals surface area contributed by atoms with Gasteiger partial charge in [-0.3, -0.25) is 4.79 Å². The summed E-state index contributed by atoms with van der Waals surface area (Å²) >= 11 is 0. The molecular weight excluding hydrogens is 306 g/mol. The Morgan fingerprint density at radius 1 is 1.29 bits per heavy atom. The first kappa shape index (κ1) is 17.8. The predicted octanol–water partition coefficient (Wildman–Crippen LogP) is 1.77. The molecule has 0 N–H and O–H groups in total. The van der Waals surface area contributed by atoms with Crippen molar-refractivity contribution in [1.82, 2.24) is 9.80 Å². The molecule has 1 aliphatic heterocycles. The van der Waals surface area contributed by atoms with Crippen LogP contribution >= 0.6 is 0 Å². The van der Waals surface area contributed by atoms with Gasteiger partial charge in [-0.25, -0.2) is 0 Å². The zero-order chi connectivity index (χ0) is 17.4. The highest BCUT2D eigenvalue weighted by Gasteiger charge is 2.15. The molecule has 1 heterocycles. The third-order valence-electron chi connectivity index (χ3n) is 3.93. The number of hydrogen-bond donors (Lipinski definition) is 0. The summed E-state index contributed by atoms with van der Waals surface area (Å²) in [5, 5.41) is 8.58. The van der Waals surface area contributed by atoms with Crippen molar-refractivity contribution in [2.75, 3.05) is 46.9 Å². The molecule has 0 aliphatic carbocycles. The Bertz CT molecular complexity index is 637. The second-order valence-corrected chi connectivity index (χ2v) is 5.67. The van der Waals surface area contributed by atoms with Crippen molar-refractivity contribution in [2.24, 2.45) is 0 Å². The second-order valence-electron chi connectivity index (χ2n) is 5.67. The Labute approximate surface area is 142 Å².